The highest BCUT2D eigenvalue weighted by Crippen LogP contribution is 2.16. The predicted molar refractivity (Wildman–Crippen MR) is 71.8 cm³/mol. The van der Waals surface area contributed by atoms with E-state index in [1.54, 1.807) is 24.3 Å². The van der Waals surface area contributed by atoms with Gasteiger partial charge in [-0.3, -0.25) is 4.79 Å². The smallest absolute Gasteiger partial charge is 0.252 e. The Kier molecular flexibility index (Phi) is 10.3. The van der Waals surface area contributed by atoms with E-state index in [4.69, 9.17) is 16.2 Å². The molecule has 17 heavy (non-hydrogen) atoms. The van der Waals surface area contributed by atoms with Gasteiger partial charge in [0, 0.05) is 0 Å². The van der Waals surface area contributed by atoms with Gasteiger partial charge in [0.15, 0.2) is 0 Å². The van der Waals surface area contributed by atoms with Crippen molar-refractivity contribution < 1.29 is 9.53 Å². The zero-order valence-corrected chi connectivity index (χ0v) is 10.6. The number of carbonyl (C=O) groups is 1. The lowest BCUT2D eigenvalue weighted by atomic mass is 10.2. The Morgan fingerprint density at radius 1 is 1.24 bits per heavy atom. The molecule has 0 radical (unpaired) electrons. The number of amides is 1. The number of carbonyl (C=O) groups excluding carboxylic acids is 1. The Balaban J connectivity index is 0. The van der Waals surface area contributed by atoms with Crippen molar-refractivity contribution in [1.29, 1.82) is 0 Å². The highest BCUT2D eigenvalue weighted by molar-refractivity contribution is 5.95. The minimum Gasteiger partial charge on any atom is -0.480 e. The molecule has 0 fully saturated rings. The highest BCUT2D eigenvalue weighted by atomic mass is 35.5. The minimum absolute atomic E-state index is 0. The Morgan fingerprint density at radius 3 is 2.47 bits per heavy atom. The van der Waals surface area contributed by atoms with E-state index < -0.39 is 5.91 Å². The fourth-order valence-electron chi connectivity index (χ4n) is 1.03. The van der Waals surface area contributed by atoms with Gasteiger partial charge < -0.3 is 16.2 Å². The van der Waals surface area contributed by atoms with Crippen LogP contribution in [0.5, 0.6) is 5.75 Å². The first kappa shape index (κ1) is 18.0. The zero-order chi connectivity index (χ0) is 11.1. The average molecular weight is 277 g/mol. The van der Waals surface area contributed by atoms with E-state index in [0.29, 0.717) is 17.9 Å². The van der Waals surface area contributed by atoms with Gasteiger partial charge in [0.05, 0.1) is 12.1 Å². The van der Waals surface area contributed by atoms with Gasteiger partial charge in [0.1, 0.15) is 12.4 Å². The number of nitrogens with two attached hydrogens (primary N) is 2. The second-order valence-electron chi connectivity index (χ2n) is 2.71. The molecular formula is C11H14Cl2N2O2. The normalized spacial score (nSPS) is 7.82. The lowest BCUT2D eigenvalue weighted by molar-refractivity contribution is 0.0997. The quantitative estimate of drug-likeness (QED) is 0.808. The molecule has 1 aromatic rings. The van der Waals surface area contributed by atoms with Gasteiger partial charge in [-0.15, -0.1) is 24.8 Å². The lowest BCUT2D eigenvalue weighted by Gasteiger charge is -2.05. The third-order valence-corrected chi connectivity index (χ3v) is 1.68. The molecule has 1 aromatic carbocycles. The summed E-state index contributed by atoms with van der Waals surface area (Å²) in [5, 5.41) is 0. The first-order valence-electron chi connectivity index (χ1n) is 4.43. The number of benzene rings is 1. The monoisotopic (exact) mass is 276 g/mol. The fraction of sp³-hybridized carbons (Fsp3) is 0.182. The number of primary amides is 1. The largest absolute Gasteiger partial charge is 0.480 e. The second-order valence-corrected chi connectivity index (χ2v) is 2.71. The molecule has 0 aliphatic rings. The van der Waals surface area contributed by atoms with E-state index in [-0.39, 0.29) is 31.4 Å². The molecule has 4 N–H and O–H groups in total. The van der Waals surface area contributed by atoms with Crippen LogP contribution in [0.2, 0.25) is 0 Å². The summed E-state index contributed by atoms with van der Waals surface area (Å²) in [6.45, 7) is 0.488. The summed E-state index contributed by atoms with van der Waals surface area (Å²) < 4.78 is 5.27. The van der Waals surface area contributed by atoms with Crippen molar-refractivity contribution in [3.8, 4) is 17.6 Å². The van der Waals surface area contributed by atoms with Gasteiger partial charge in [-0.05, 0) is 12.1 Å². The molecule has 6 heteroatoms. The molecule has 1 rings (SSSR count). The standard InChI is InChI=1S/C11H12N2O2.2ClH/c12-7-3-4-8-15-10-6-2-1-5-9(10)11(13)14;;/h1-2,5-6H,7-8,12H2,(H2,13,14);2*1H. The maximum absolute atomic E-state index is 11.0. The molecule has 1 amide bonds. The summed E-state index contributed by atoms with van der Waals surface area (Å²) in [6.07, 6.45) is 0. The van der Waals surface area contributed by atoms with Crippen LogP contribution < -0.4 is 16.2 Å². The van der Waals surface area contributed by atoms with Crippen LogP contribution in [0.1, 0.15) is 10.4 Å². The van der Waals surface area contributed by atoms with Gasteiger partial charge in [-0.1, -0.05) is 24.0 Å². The first-order chi connectivity index (χ1) is 7.25. The number of ether oxygens (including phenoxy) is 1. The minimum atomic E-state index is -0.516. The summed E-state index contributed by atoms with van der Waals surface area (Å²) in [7, 11) is 0. The molecule has 0 atom stereocenters. The second kappa shape index (κ2) is 9.79. The lowest BCUT2D eigenvalue weighted by Crippen LogP contribution is -2.13. The maximum Gasteiger partial charge on any atom is 0.252 e. The molecule has 0 unspecified atom stereocenters. The van der Waals surface area contributed by atoms with Crippen LogP contribution in [0, 0.1) is 11.8 Å². The molecule has 4 nitrogen and oxygen atoms in total. The maximum atomic E-state index is 11.0. The van der Waals surface area contributed by atoms with Crippen molar-refractivity contribution in [2.75, 3.05) is 13.2 Å². The number of halogens is 2. The topological polar surface area (TPSA) is 78.3 Å². The third-order valence-electron chi connectivity index (χ3n) is 1.68. The van der Waals surface area contributed by atoms with E-state index in [2.05, 4.69) is 11.8 Å². The van der Waals surface area contributed by atoms with Crippen LogP contribution in [0.15, 0.2) is 24.3 Å². The van der Waals surface area contributed by atoms with Crippen LogP contribution in [0.25, 0.3) is 0 Å². The molecule has 0 heterocycles. The summed E-state index contributed by atoms with van der Waals surface area (Å²) in [5.41, 5.74) is 10.7. The van der Waals surface area contributed by atoms with Crippen molar-refractivity contribution >= 4 is 30.7 Å². The Bertz CT molecular complexity index is 413. The van der Waals surface area contributed by atoms with Crippen LogP contribution >= 0.6 is 24.8 Å². The Hall–Kier alpha value is -1.41. The summed E-state index contributed by atoms with van der Waals surface area (Å²) >= 11 is 0. The van der Waals surface area contributed by atoms with Crippen molar-refractivity contribution in [3.05, 3.63) is 29.8 Å². The van der Waals surface area contributed by atoms with Crippen LogP contribution in [0.4, 0.5) is 0 Å². The fourth-order valence-corrected chi connectivity index (χ4v) is 1.03. The number of rotatable bonds is 3. The van der Waals surface area contributed by atoms with Crippen molar-refractivity contribution in [3.63, 3.8) is 0 Å². The average Bonchev–Trinajstić information content (AvgIpc) is 2.25. The van der Waals surface area contributed by atoms with Gasteiger partial charge in [0.25, 0.3) is 5.91 Å². The van der Waals surface area contributed by atoms with E-state index in [9.17, 15) is 4.79 Å². The zero-order valence-electron chi connectivity index (χ0n) is 9.01. The highest BCUT2D eigenvalue weighted by Gasteiger charge is 2.06. The number of para-hydroxylation sites is 1. The van der Waals surface area contributed by atoms with Gasteiger partial charge in [-0.2, -0.15) is 0 Å². The van der Waals surface area contributed by atoms with Gasteiger partial charge in [-0.25, -0.2) is 0 Å². The molecule has 0 aliphatic heterocycles. The van der Waals surface area contributed by atoms with Gasteiger partial charge >= 0.3 is 0 Å². The number of hydrogen-bond acceptors (Lipinski definition) is 3. The molecule has 0 spiro atoms. The summed E-state index contributed by atoms with van der Waals surface area (Å²) in [4.78, 5) is 11.0. The molecule has 0 aromatic heterocycles. The molecule has 0 aliphatic carbocycles. The number of hydrogen-bond donors (Lipinski definition) is 2. The van der Waals surface area contributed by atoms with Crippen LogP contribution in [-0.4, -0.2) is 19.1 Å². The van der Waals surface area contributed by atoms with E-state index in [1.807, 2.05) is 0 Å². The molecule has 0 saturated carbocycles. The van der Waals surface area contributed by atoms with E-state index in [1.165, 1.54) is 0 Å². The predicted octanol–water partition coefficient (Wildman–Crippen LogP) is 0.970. The van der Waals surface area contributed by atoms with Crippen molar-refractivity contribution in [2.45, 2.75) is 0 Å². The van der Waals surface area contributed by atoms with Gasteiger partial charge in [0.2, 0.25) is 0 Å². The SMILES string of the molecule is Cl.Cl.NCC#CCOc1ccccc1C(N)=O. The van der Waals surface area contributed by atoms with Crippen molar-refractivity contribution in [2.24, 2.45) is 11.5 Å². The molecule has 94 valence electrons. The Morgan fingerprint density at radius 2 is 1.88 bits per heavy atom. The van der Waals surface area contributed by atoms with Crippen LogP contribution in [-0.2, 0) is 0 Å². The molecule has 0 bridgehead atoms. The molecular weight excluding hydrogens is 263 g/mol. The van der Waals surface area contributed by atoms with Crippen LogP contribution in [0.3, 0.4) is 0 Å². The molecule has 0 saturated heterocycles. The summed E-state index contributed by atoms with van der Waals surface area (Å²) in [5.74, 6) is 5.28. The Labute approximate surface area is 113 Å². The van der Waals surface area contributed by atoms with E-state index >= 15 is 0 Å². The third kappa shape index (κ3) is 6.03. The van der Waals surface area contributed by atoms with E-state index in [0.717, 1.165) is 0 Å². The summed E-state index contributed by atoms with van der Waals surface area (Å²) in [6, 6.07) is 6.76. The van der Waals surface area contributed by atoms with Crippen molar-refractivity contribution in [1.82, 2.24) is 0 Å². The first-order valence-corrected chi connectivity index (χ1v) is 4.43.